The maximum absolute atomic E-state index is 13.3. The number of aromatic nitrogens is 1. The molecule has 2 saturated heterocycles. The van der Waals surface area contributed by atoms with E-state index in [1.807, 2.05) is 6.20 Å². The molecule has 1 aliphatic carbocycles. The standard InChI is InChI=1S/C24H31N5O2S/c1-31-27-21-14-24(20-5-3-2-4-19(20)21)8-12-29(13-9-24)22(30)17-6-10-28(11-7-17)16-18-15-26-23(25)32-18/h2-5,14-15,17,27H,6-13,16H2,1H3,(H2,25,26). The van der Waals surface area contributed by atoms with Crippen molar-refractivity contribution in [3.63, 3.8) is 0 Å². The van der Waals surface area contributed by atoms with Gasteiger partial charge in [0.1, 0.15) is 0 Å². The summed E-state index contributed by atoms with van der Waals surface area (Å²) < 4.78 is 0. The van der Waals surface area contributed by atoms with Crippen molar-refractivity contribution >= 4 is 28.1 Å². The zero-order valence-corrected chi connectivity index (χ0v) is 19.4. The Morgan fingerprint density at radius 2 is 2.00 bits per heavy atom. The number of fused-ring (bicyclic) bond motifs is 2. The van der Waals surface area contributed by atoms with Crippen LogP contribution in [0, 0.1) is 5.92 Å². The zero-order chi connectivity index (χ0) is 22.1. The van der Waals surface area contributed by atoms with Crippen LogP contribution in [0.2, 0.25) is 0 Å². The van der Waals surface area contributed by atoms with Gasteiger partial charge in [0.05, 0.1) is 12.8 Å². The summed E-state index contributed by atoms with van der Waals surface area (Å²) in [5, 5.41) is 0.623. The second-order valence-corrected chi connectivity index (χ2v) is 10.3. The minimum absolute atomic E-state index is 0.00576. The molecule has 3 heterocycles. The highest BCUT2D eigenvalue weighted by Gasteiger charge is 2.42. The van der Waals surface area contributed by atoms with Crippen molar-refractivity contribution < 1.29 is 9.63 Å². The molecule has 170 valence electrons. The third-order valence-corrected chi connectivity index (χ3v) is 8.05. The number of hydrogen-bond donors (Lipinski definition) is 2. The number of benzene rings is 1. The first-order valence-electron chi connectivity index (χ1n) is 11.4. The molecule has 0 saturated carbocycles. The summed E-state index contributed by atoms with van der Waals surface area (Å²) in [5.74, 6) is 0.482. The SMILES string of the molecule is CONC1=CC2(CCN(C(=O)C3CCN(Cc4cnc(N)s4)CC3)CC2)c2ccccc21. The van der Waals surface area contributed by atoms with Gasteiger partial charge in [-0.25, -0.2) is 4.98 Å². The average Bonchev–Trinajstić information content (AvgIpc) is 3.36. The normalized spacial score (nSPS) is 20.9. The molecule has 3 N–H and O–H groups in total. The van der Waals surface area contributed by atoms with E-state index in [1.165, 1.54) is 16.0 Å². The van der Waals surface area contributed by atoms with E-state index in [4.69, 9.17) is 10.6 Å². The number of anilines is 1. The lowest BCUT2D eigenvalue weighted by Crippen LogP contribution is -2.48. The number of amides is 1. The highest BCUT2D eigenvalue weighted by atomic mass is 32.1. The largest absolute Gasteiger partial charge is 0.375 e. The lowest BCUT2D eigenvalue weighted by molar-refractivity contribution is -0.138. The number of nitrogens with one attached hydrogen (secondary N) is 1. The molecule has 2 fully saturated rings. The number of piperidine rings is 2. The third kappa shape index (κ3) is 4.02. The van der Waals surface area contributed by atoms with Gasteiger partial charge < -0.3 is 10.6 Å². The monoisotopic (exact) mass is 453 g/mol. The highest BCUT2D eigenvalue weighted by molar-refractivity contribution is 7.15. The minimum atomic E-state index is -0.00576. The van der Waals surface area contributed by atoms with E-state index < -0.39 is 0 Å². The van der Waals surface area contributed by atoms with Crippen LogP contribution in [0.4, 0.5) is 5.13 Å². The number of hydrogen-bond acceptors (Lipinski definition) is 7. The predicted molar refractivity (Wildman–Crippen MR) is 127 cm³/mol. The molecular weight excluding hydrogens is 422 g/mol. The van der Waals surface area contributed by atoms with Gasteiger partial charge in [0.15, 0.2) is 5.13 Å². The summed E-state index contributed by atoms with van der Waals surface area (Å²) in [7, 11) is 1.65. The van der Waals surface area contributed by atoms with Crippen molar-refractivity contribution in [3.05, 3.63) is 52.5 Å². The van der Waals surface area contributed by atoms with Gasteiger partial charge in [-0.3, -0.25) is 20.0 Å². The number of thiazole rings is 1. The van der Waals surface area contributed by atoms with Crippen molar-refractivity contribution in [3.8, 4) is 0 Å². The molecule has 0 radical (unpaired) electrons. The minimum Gasteiger partial charge on any atom is -0.375 e. The number of nitrogens with two attached hydrogens (primary N) is 1. The molecule has 1 aromatic carbocycles. The molecule has 1 amide bonds. The van der Waals surface area contributed by atoms with Crippen LogP contribution in [0.5, 0.6) is 0 Å². The number of nitrogen functional groups attached to an aromatic ring is 1. The quantitative estimate of drug-likeness (QED) is 0.677. The second-order valence-electron chi connectivity index (χ2n) is 9.11. The number of likely N-dealkylation sites (tertiary alicyclic amines) is 2. The van der Waals surface area contributed by atoms with Gasteiger partial charge in [0.25, 0.3) is 0 Å². The second kappa shape index (κ2) is 8.84. The average molecular weight is 454 g/mol. The number of carbonyl (C=O) groups excluding carboxylic acids is 1. The van der Waals surface area contributed by atoms with Crippen molar-refractivity contribution in [2.24, 2.45) is 5.92 Å². The fourth-order valence-electron chi connectivity index (χ4n) is 5.53. The van der Waals surface area contributed by atoms with Crippen LogP contribution < -0.4 is 11.2 Å². The van der Waals surface area contributed by atoms with Crippen LogP contribution in [0.3, 0.4) is 0 Å². The third-order valence-electron chi connectivity index (χ3n) is 7.24. The lowest BCUT2D eigenvalue weighted by Gasteiger charge is -2.41. The summed E-state index contributed by atoms with van der Waals surface area (Å²) >= 11 is 1.55. The molecule has 7 nitrogen and oxygen atoms in total. The molecule has 2 aromatic rings. The Hall–Kier alpha value is -2.42. The first-order chi connectivity index (χ1) is 15.6. The molecule has 32 heavy (non-hydrogen) atoms. The first-order valence-corrected chi connectivity index (χ1v) is 12.2. The van der Waals surface area contributed by atoms with Crippen molar-refractivity contribution in [2.75, 3.05) is 39.0 Å². The fraction of sp³-hybridized carbons (Fsp3) is 0.500. The van der Waals surface area contributed by atoms with E-state index in [-0.39, 0.29) is 11.3 Å². The smallest absolute Gasteiger partial charge is 0.225 e. The summed E-state index contributed by atoms with van der Waals surface area (Å²) in [6.45, 7) is 4.41. The molecule has 0 atom stereocenters. The Kier molecular flexibility index (Phi) is 5.92. The van der Waals surface area contributed by atoms with Crippen LogP contribution in [-0.2, 0) is 21.6 Å². The van der Waals surface area contributed by atoms with E-state index in [9.17, 15) is 4.79 Å². The maximum Gasteiger partial charge on any atom is 0.225 e. The zero-order valence-electron chi connectivity index (χ0n) is 18.5. The van der Waals surface area contributed by atoms with Crippen LogP contribution >= 0.6 is 11.3 Å². The molecule has 8 heteroatoms. The van der Waals surface area contributed by atoms with E-state index in [2.05, 4.69) is 50.6 Å². The fourth-order valence-corrected chi connectivity index (χ4v) is 6.26. The number of allylic oxidation sites excluding steroid dienone is 1. The first kappa shape index (κ1) is 21.4. The molecule has 0 unspecified atom stereocenters. The highest BCUT2D eigenvalue weighted by Crippen LogP contribution is 2.46. The van der Waals surface area contributed by atoms with Crippen molar-refractivity contribution in [1.29, 1.82) is 0 Å². The molecule has 5 rings (SSSR count). The Morgan fingerprint density at radius 1 is 1.25 bits per heavy atom. The van der Waals surface area contributed by atoms with Gasteiger partial charge in [-0.2, -0.15) is 0 Å². The van der Waals surface area contributed by atoms with Crippen LogP contribution in [0.15, 0.2) is 36.5 Å². The van der Waals surface area contributed by atoms with Crippen molar-refractivity contribution in [2.45, 2.75) is 37.6 Å². The number of carbonyl (C=O) groups is 1. The number of hydroxylamine groups is 1. The van der Waals surface area contributed by atoms with Crippen LogP contribution in [-0.4, -0.2) is 54.0 Å². The number of rotatable bonds is 5. The van der Waals surface area contributed by atoms with Gasteiger partial charge in [0, 0.05) is 47.6 Å². The molecule has 0 bridgehead atoms. The molecule has 2 aliphatic heterocycles. The summed E-state index contributed by atoms with van der Waals surface area (Å²) in [4.78, 5) is 28.3. The van der Waals surface area contributed by atoms with Gasteiger partial charge in [-0.05, 0) is 50.4 Å². The summed E-state index contributed by atoms with van der Waals surface area (Å²) in [6.07, 6.45) is 7.95. The van der Waals surface area contributed by atoms with Gasteiger partial charge in [-0.1, -0.05) is 24.3 Å². The maximum atomic E-state index is 13.3. The van der Waals surface area contributed by atoms with E-state index in [1.54, 1.807) is 18.4 Å². The van der Waals surface area contributed by atoms with Gasteiger partial charge in [0.2, 0.25) is 5.91 Å². The lowest BCUT2D eigenvalue weighted by atomic mass is 9.74. The Morgan fingerprint density at radius 3 is 2.69 bits per heavy atom. The Labute approximate surface area is 193 Å². The predicted octanol–water partition coefficient (Wildman–Crippen LogP) is 3.00. The molecular formula is C24H31N5O2S. The number of nitrogens with zero attached hydrogens (tertiary/aromatic N) is 3. The van der Waals surface area contributed by atoms with Gasteiger partial charge in [-0.15, -0.1) is 11.3 Å². The van der Waals surface area contributed by atoms with Crippen molar-refractivity contribution in [1.82, 2.24) is 20.3 Å². The van der Waals surface area contributed by atoms with Gasteiger partial charge >= 0.3 is 0 Å². The summed E-state index contributed by atoms with van der Waals surface area (Å²) in [6, 6.07) is 8.54. The topological polar surface area (TPSA) is 83.7 Å². The molecule has 1 spiro atoms. The van der Waals surface area contributed by atoms with Crippen LogP contribution in [0.25, 0.3) is 5.70 Å². The van der Waals surface area contributed by atoms with E-state index >= 15 is 0 Å². The van der Waals surface area contributed by atoms with E-state index in [0.717, 1.165) is 64.1 Å². The molecule has 1 aromatic heterocycles. The Bertz CT molecular complexity index is 1000. The van der Waals surface area contributed by atoms with Crippen LogP contribution in [0.1, 0.15) is 41.7 Å². The summed E-state index contributed by atoms with van der Waals surface area (Å²) in [5.41, 5.74) is 12.4. The Balaban J connectivity index is 1.18. The van der Waals surface area contributed by atoms with E-state index in [0.29, 0.717) is 11.0 Å². The molecule has 3 aliphatic rings.